The number of ether oxygens (including phenoxy) is 1. The number of rotatable bonds is 3. The van der Waals surface area contributed by atoms with Crippen LogP contribution >= 0.6 is 24.8 Å². The smallest absolute Gasteiger partial charge is 0.408 e. The fourth-order valence-electron chi connectivity index (χ4n) is 2.40. The van der Waals surface area contributed by atoms with E-state index >= 15 is 0 Å². The van der Waals surface area contributed by atoms with Gasteiger partial charge in [-0.25, -0.2) is 4.39 Å². The summed E-state index contributed by atoms with van der Waals surface area (Å²) in [6.45, 7) is 1.53. The Morgan fingerprint density at radius 2 is 1.77 bits per heavy atom. The molecule has 0 amide bonds. The van der Waals surface area contributed by atoms with Crippen LogP contribution in [0, 0.1) is 5.82 Å². The van der Waals surface area contributed by atoms with Gasteiger partial charge in [0.05, 0.1) is 7.11 Å². The molecule has 0 aromatic heterocycles. The Morgan fingerprint density at radius 1 is 1.18 bits per heavy atom. The van der Waals surface area contributed by atoms with Crippen LogP contribution in [0.4, 0.5) is 17.6 Å². The lowest BCUT2D eigenvalue weighted by atomic mass is 10.0. The Kier molecular flexibility index (Phi) is 8.46. The van der Waals surface area contributed by atoms with Crippen LogP contribution in [0.3, 0.4) is 0 Å². The van der Waals surface area contributed by atoms with Gasteiger partial charge in [0.2, 0.25) is 0 Å². The number of hydrogen-bond acceptors (Lipinski definition) is 3. The summed E-state index contributed by atoms with van der Waals surface area (Å²) < 4.78 is 58.2. The quantitative estimate of drug-likeness (QED) is 0.833. The first-order valence-electron chi connectivity index (χ1n) is 6.28. The highest BCUT2D eigenvalue weighted by atomic mass is 35.5. The molecule has 0 aliphatic carbocycles. The van der Waals surface area contributed by atoms with E-state index < -0.39 is 18.0 Å². The molecule has 0 spiro atoms. The zero-order chi connectivity index (χ0) is 14.8. The summed E-state index contributed by atoms with van der Waals surface area (Å²) in [5.41, 5.74) is -0.0994. The molecule has 1 N–H and O–H groups in total. The minimum Gasteiger partial charge on any atom is -0.494 e. The Labute approximate surface area is 138 Å². The molecule has 2 rings (SSSR count). The predicted octanol–water partition coefficient (Wildman–Crippen LogP) is 3.19. The summed E-state index contributed by atoms with van der Waals surface area (Å²) in [4.78, 5) is 1.32. The first kappa shape index (κ1) is 21.2. The maximum absolute atomic E-state index is 13.6. The maximum atomic E-state index is 13.6. The van der Waals surface area contributed by atoms with E-state index in [2.05, 4.69) is 5.32 Å². The molecule has 1 aromatic rings. The van der Waals surface area contributed by atoms with Crippen molar-refractivity contribution in [1.29, 1.82) is 0 Å². The summed E-state index contributed by atoms with van der Waals surface area (Å²) >= 11 is 0. The van der Waals surface area contributed by atoms with Crippen LogP contribution in [0.1, 0.15) is 11.6 Å². The van der Waals surface area contributed by atoms with Gasteiger partial charge in [-0.05, 0) is 17.7 Å². The number of nitrogens with one attached hydrogen (secondary N) is 1. The van der Waals surface area contributed by atoms with Crippen molar-refractivity contribution in [2.45, 2.75) is 12.2 Å². The average Bonchev–Trinajstić information content (AvgIpc) is 2.39. The molecule has 1 heterocycles. The van der Waals surface area contributed by atoms with E-state index in [0.717, 1.165) is 6.07 Å². The fourth-order valence-corrected chi connectivity index (χ4v) is 2.40. The van der Waals surface area contributed by atoms with Gasteiger partial charge >= 0.3 is 6.18 Å². The largest absolute Gasteiger partial charge is 0.494 e. The molecular formula is C13H18Cl2F4N2O. The topological polar surface area (TPSA) is 24.5 Å². The molecule has 22 heavy (non-hydrogen) atoms. The van der Waals surface area contributed by atoms with Crippen LogP contribution in [-0.4, -0.2) is 44.4 Å². The van der Waals surface area contributed by atoms with Crippen molar-refractivity contribution in [1.82, 2.24) is 10.2 Å². The summed E-state index contributed by atoms with van der Waals surface area (Å²) in [5.74, 6) is -0.843. The summed E-state index contributed by atoms with van der Waals surface area (Å²) in [7, 11) is 1.27. The van der Waals surface area contributed by atoms with Crippen LogP contribution in [0.15, 0.2) is 18.2 Å². The number of piperazine rings is 1. The Balaban J connectivity index is 0.00000220. The maximum Gasteiger partial charge on any atom is 0.408 e. The van der Waals surface area contributed by atoms with Gasteiger partial charge in [-0.2, -0.15) is 13.2 Å². The van der Waals surface area contributed by atoms with Crippen molar-refractivity contribution in [2.24, 2.45) is 0 Å². The highest BCUT2D eigenvalue weighted by Gasteiger charge is 2.45. The SMILES string of the molecule is COc1ccc([C@@H](N2CCNCC2)C(F)(F)F)cc1F.Cl.Cl. The first-order chi connectivity index (χ1) is 9.43. The standard InChI is InChI=1S/C13H16F4N2O.2ClH/c1-20-11-3-2-9(8-10(11)14)12(13(15,16)17)19-6-4-18-5-7-19;;/h2-3,8,12,18H,4-7H2,1H3;2*1H/t12-;;/m1../s1. The third-order valence-electron chi connectivity index (χ3n) is 3.32. The highest BCUT2D eigenvalue weighted by Crippen LogP contribution is 2.38. The van der Waals surface area contributed by atoms with Crippen molar-refractivity contribution in [3.63, 3.8) is 0 Å². The number of halogens is 6. The molecule has 0 bridgehead atoms. The van der Waals surface area contributed by atoms with Crippen LogP contribution in [0.5, 0.6) is 5.75 Å². The van der Waals surface area contributed by atoms with Gasteiger partial charge < -0.3 is 10.1 Å². The number of methoxy groups -OCH3 is 1. The summed E-state index contributed by atoms with van der Waals surface area (Å²) in [5, 5.41) is 3.00. The normalized spacial score (nSPS) is 17.1. The van der Waals surface area contributed by atoms with Gasteiger partial charge in [0, 0.05) is 26.2 Å². The molecule has 0 unspecified atom stereocenters. The molecule has 1 fully saturated rings. The van der Waals surface area contributed by atoms with E-state index in [1.807, 2.05) is 0 Å². The fraction of sp³-hybridized carbons (Fsp3) is 0.538. The molecule has 1 atom stereocenters. The molecule has 1 aromatic carbocycles. The summed E-state index contributed by atoms with van der Waals surface area (Å²) in [6.07, 6.45) is -4.45. The minimum absolute atomic E-state index is 0. The zero-order valence-corrected chi connectivity index (χ0v) is 13.5. The third kappa shape index (κ3) is 4.87. The molecule has 1 aliphatic rings. The Morgan fingerprint density at radius 3 is 2.23 bits per heavy atom. The number of hydrogen-bond donors (Lipinski definition) is 1. The van der Waals surface area contributed by atoms with Crippen LogP contribution < -0.4 is 10.1 Å². The van der Waals surface area contributed by atoms with Gasteiger partial charge in [0.25, 0.3) is 0 Å². The molecule has 9 heteroatoms. The zero-order valence-electron chi connectivity index (χ0n) is 11.8. The van der Waals surface area contributed by atoms with Crippen molar-refractivity contribution in [2.75, 3.05) is 33.3 Å². The van der Waals surface area contributed by atoms with E-state index in [9.17, 15) is 17.6 Å². The van der Waals surface area contributed by atoms with E-state index in [4.69, 9.17) is 4.74 Å². The summed E-state index contributed by atoms with van der Waals surface area (Å²) in [6, 6.07) is 1.61. The minimum atomic E-state index is -4.45. The van der Waals surface area contributed by atoms with E-state index in [1.165, 1.54) is 24.1 Å². The average molecular weight is 365 g/mol. The van der Waals surface area contributed by atoms with Crippen LogP contribution in [-0.2, 0) is 0 Å². The third-order valence-corrected chi connectivity index (χ3v) is 3.32. The Bertz CT molecular complexity index is 468. The molecule has 1 aliphatic heterocycles. The van der Waals surface area contributed by atoms with Crippen molar-refractivity contribution >= 4 is 24.8 Å². The van der Waals surface area contributed by atoms with Gasteiger partial charge in [-0.1, -0.05) is 6.07 Å². The van der Waals surface area contributed by atoms with E-state index in [1.54, 1.807) is 0 Å². The van der Waals surface area contributed by atoms with Crippen molar-refractivity contribution in [3.05, 3.63) is 29.6 Å². The van der Waals surface area contributed by atoms with Gasteiger partial charge in [0.15, 0.2) is 11.6 Å². The lowest BCUT2D eigenvalue weighted by molar-refractivity contribution is -0.187. The predicted molar refractivity (Wildman–Crippen MR) is 80.7 cm³/mol. The molecule has 128 valence electrons. The Hall–Kier alpha value is -0.760. The van der Waals surface area contributed by atoms with E-state index in [0.29, 0.717) is 13.1 Å². The van der Waals surface area contributed by atoms with Crippen molar-refractivity contribution < 1.29 is 22.3 Å². The molecule has 0 saturated carbocycles. The monoisotopic (exact) mass is 364 g/mol. The number of benzene rings is 1. The molecule has 3 nitrogen and oxygen atoms in total. The molecule has 1 saturated heterocycles. The van der Waals surface area contributed by atoms with Crippen LogP contribution in [0.2, 0.25) is 0 Å². The lowest BCUT2D eigenvalue weighted by Gasteiger charge is -2.36. The van der Waals surface area contributed by atoms with Gasteiger partial charge in [-0.15, -0.1) is 24.8 Å². The van der Waals surface area contributed by atoms with Gasteiger partial charge in [-0.3, -0.25) is 4.90 Å². The highest BCUT2D eigenvalue weighted by molar-refractivity contribution is 5.85. The lowest BCUT2D eigenvalue weighted by Crippen LogP contribution is -2.49. The second-order valence-electron chi connectivity index (χ2n) is 4.62. The van der Waals surface area contributed by atoms with Gasteiger partial charge in [0.1, 0.15) is 6.04 Å². The second-order valence-corrected chi connectivity index (χ2v) is 4.62. The van der Waals surface area contributed by atoms with Crippen LogP contribution in [0.25, 0.3) is 0 Å². The number of nitrogens with zero attached hydrogens (tertiary/aromatic N) is 1. The van der Waals surface area contributed by atoms with E-state index in [-0.39, 0.29) is 49.2 Å². The second kappa shape index (κ2) is 8.76. The van der Waals surface area contributed by atoms with Crippen molar-refractivity contribution in [3.8, 4) is 5.75 Å². The molecule has 0 radical (unpaired) electrons. The number of alkyl halides is 3. The first-order valence-corrected chi connectivity index (χ1v) is 6.28. The molecular weight excluding hydrogens is 347 g/mol.